The summed E-state index contributed by atoms with van der Waals surface area (Å²) >= 11 is 5.81. The Morgan fingerprint density at radius 1 is 1.31 bits per heavy atom. The minimum absolute atomic E-state index is 0.421. The second-order valence-corrected chi connectivity index (χ2v) is 3.98. The molecule has 0 unspecified atom stereocenters. The fourth-order valence-electron chi connectivity index (χ4n) is 1.43. The highest BCUT2D eigenvalue weighted by Gasteiger charge is 2.01. The van der Waals surface area contributed by atoms with Crippen molar-refractivity contribution in [1.29, 1.82) is 0 Å². The summed E-state index contributed by atoms with van der Waals surface area (Å²) in [5.74, 6) is 0. The number of nitrogens with two attached hydrogens (primary N) is 1. The van der Waals surface area contributed by atoms with Crippen molar-refractivity contribution in [1.82, 2.24) is 4.98 Å². The quantitative estimate of drug-likeness (QED) is 0.782. The standard InChI is InChI=1S/C12H12ClN3/c1-8-3-2-4-9(5-8)16-11-6-12(13)15-7-10(11)14/h2-7H,14H2,1H3,(H,15,16). The summed E-state index contributed by atoms with van der Waals surface area (Å²) in [5.41, 5.74) is 9.30. The van der Waals surface area contributed by atoms with Gasteiger partial charge in [-0.2, -0.15) is 0 Å². The van der Waals surface area contributed by atoms with Crippen molar-refractivity contribution in [2.75, 3.05) is 11.1 Å². The van der Waals surface area contributed by atoms with Crippen molar-refractivity contribution < 1.29 is 0 Å². The van der Waals surface area contributed by atoms with Gasteiger partial charge in [-0.15, -0.1) is 0 Å². The van der Waals surface area contributed by atoms with E-state index in [4.69, 9.17) is 17.3 Å². The number of pyridine rings is 1. The molecule has 0 fully saturated rings. The van der Waals surface area contributed by atoms with Crippen molar-refractivity contribution in [2.45, 2.75) is 6.92 Å². The Kier molecular flexibility index (Phi) is 2.97. The molecule has 0 saturated carbocycles. The van der Waals surface area contributed by atoms with E-state index in [1.54, 1.807) is 12.3 Å². The zero-order valence-electron chi connectivity index (χ0n) is 8.87. The van der Waals surface area contributed by atoms with Crippen LogP contribution in [0.15, 0.2) is 36.5 Å². The zero-order chi connectivity index (χ0) is 11.5. The van der Waals surface area contributed by atoms with E-state index in [0.29, 0.717) is 10.8 Å². The molecule has 0 aliphatic heterocycles. The van der Waals surface area contributed by atoms with Gasteiger partial charge in [-0.25, -0.2) is 4.98 Å². The first-order valence-corrected chi connectivity index (χ1v) is 5.27. The van der Waals surface area contributed by atoms with Crippen molar-refractivity contribution in [3.8, 4) is 0 Å². The van der Waals surface area contributed by atoms with Crippen LogP contribution in [0.3, 0.4) is 0 Å². The van der Waals surface area contributed by atoms with E-state index in [0.717, 1.165) is 11.4 Å². The van der Waals surface area contributed by atoms with Gasteiger partial charge in [-0.1, -0.05) is 23.7 Å². The minimum Gasteiger partial charge on any atom is -0.396 e. The molecule has 0 atom stereocenters. The van der Waals surface area contributed by atoms with Gasteiger partial charge in [0, 0.05) is 11.8 Å². The Morgan fingerprint density at radius 3 is 2.88 bits per heavy atom. The van der Waals surface area contributed by atoms with Gasteiger partial charge < -0.3 is 11.1 Å². The van der Waals surface area contributed by atoms with Crippen molar-refractivity contribution in [2.24, 2.45) is 0 Å². The van der Waals surface area contributed by atoms with E-state index in [9.17, 15) is 0 Å². The number of nitrogens with one attached hydrogen (secondary N) is 1. The van der Waals surface area contributed by atoms with Gasteiger partial charge in [0.2, 0.25) is 0 Å². The van der Waals surface area contributed by atoms with Crippen LogP contribution in [0, 0.1) is 6.92 Å². The minimum atomic E-state index is 0.421. The maximum absolute atomic E-state index is 5.81. The molecule has 0 radical (unpaired) electrons. The largest absolute Gasteiger partial charge is 0.396 e. The van der Waals surface area contributed by atoms with Crippen LogP contribution in [0.5, 0.6) is 0 Å². The lowest BCUT2D eigenvalue weighted by atomic mass is 10.2. The van der Waals surface area contributed by atoms with Crippen LogP contribution in [0.25, 0.3) is 0 Å². The number of nitrogen functional groups attached to an aromatic ring is 1. The number of anilines is 3. The molecule has 1 aromatic heterocycles. The first-order valence-electron chi connectivity index (χ1n) is 4.90. The zero-order valence-corrected chi connectivity index (χ0v) is 9.62. The maximum atomic E-state index is 5.81. The Morgan fingerprint density at radius 2 is 2.12 bits per heavy atom. The number of halogens is 1. The first kappa shape index (κ1) is 10.8. The summed E-state index contributed by atoms with van der Waals surface area (Å²) in [6.45, 7) is 2.04. The molecule has 82 valence electrons. The van der Waals surface area contributed by atoms with Crippen LogP contribution >= 0.6 is 11.6 Å². The molecular formula is C12H12ClN3. The van der Waals surface area contributed by atoms with Gasteiger partial charge in [-0.3, -0.25) is 0 Å². The molecule has 0 spiro atoms. The molecule has 0 bridgehead atoms. The molecule has 1 aromatic carbocycles. The molecule has 1 heterocycles. The van der Waals surface area contributed by atoms with E-state index in [-0.39, 0.29) is 0 Å². The first-order chi connectivity index (χ1) is 7.65. The molecule has 2 rings (SSSR count). The van der Waals surface area contributed by atoms with Crippen LogP contribution in [0.2, 0.25) is 5.15 Å². The Bertz CT molecular complexity index is 511. The number of aryl methyl sites for hydroxylation is 1. The van der Waals surface area contributed by atoms with Gasteiger partial charge in [0.1, 0.15) is 5.15 Å². The predicted molar refractivity (Wildman–Crippen MR) is 68.1 cm³/mol. The van der Waals surface area contributed by atoms with Gasteiger partial charge in [0.15, 0.2) is 0 Å². The molecule has 0 aliphatic carbocycles. The molecule has 0 saturated heterocycles. The van der Waals surface area contributed by atoms with Gasteiger partial charge in [0.05, 0.1) is 17.6 Å². The molecular weight excluding hydrogens is 222 g/mol. The van der Waals surface area contributed by atoms with Crippen molar-refractivity contribution in [3.05, 3.63) is 47.2 Å². The summed E-state index contributed by atoms with van der Waals surface area (Å²) in [6, 6.07) is 9.73. The number of nitrogens with zero attached hydrogens (tertiary/aromatic N) is 1. The summed E-state index contributed by atoms with van der Waals surface area (Å²) in [6.07, 6.45) is 1.54. The Labute approximate surface area is 99.3 Å². The second-order valence-electron chi connectivity index (χ2n) is 3.59. The average molecular weight is 234 g/mol. The third kappa shape index (κ3) is 2.44. The van der Waals surface area contributed by atoms with E-state index >= 15 is 0 Å². The molecule has 4 heteroatoms. The highest BCUT2D eigenvalue weighted by Crippen LogP contribution is 2.24. The third-order valence-corrected chi connectivity index (χ3v) is 2.41. The van der Waals surface area contributed by atoms with E-state index < -0.39 is 0 Å². The van der Waals surface area contributed by atoms with E-state index in [2.05, 4.69) is 10.3 Å². The lowest BCUT2D eigenvalue weighted by molar-refractivity contribution is 1.32. The van der Waals surface area contributed by atoms with Crippen molar-refractivity contribution >= 4 is 28.7 Å². The smallest absolute Gasteiger partial charge is 0.131 e. The third-order valence-electron chi connectivity index (χ3n) is 2.20. The Balaban J connectivity index is 2.30. The summed E-state index contributed by atoms with van der Waals surface area (Å²) < 4.78 is 0. The predicted octanol–water partition coefficient (Wildman–Crippen LogP) is 3.37. The molecule has 0 aliphatic rings. The van der Waals surface area contributed by atoms with E-state index in [1.807, 2.05) is 31.2 Å². The van der Waals surface area contributed by atoms with Crippen LogP contribution in [-0.2, 0) is 0 Å². The highest BCUT2D eigenvalue weighted by atomic mass is 35.5. The number of benzene rings is 1. The number of hydrogen-bond acceptors (Lipinski definition) is 3. The number of hydrogen-bond donors (Lipinski definition) is 2. The summed E-state index contributed by atoms with van der Waals surface area (Å²) in [7, 11) is 0. The number of aromatic nitrogens is 1. The Hall–Kier alpha value is -1.74. The average Bonchev–Trinajstić information content (AvgIpc) is 2.24. The van der Waals surface area contributed by atoms with Crippen molar-refractivity contribution in [3.63, 3.8) is 0 Å². The maximum Gasteiger partial charge on any atom is 0.131 e. The molecule has 3 N–H and O–H groups in total. The van der Waals surface area contributed by atoms with Gasteiger partial charge in [-0.05, 0) is 24.6 Å². The van der Waals surface area contributed by atoms with Crippen LogP contribution < -0.4 is 11.1 Å². The molecule has 3 nitrogen and oxygen atoms in total. The summed E-state index contributed by atoms with van der Waals surface area (Å²) in [4.78, 5) is 3.90. The molecule has 0 amide bonds. The monoisotopic (exact) mass is 233 g/mol. The second kappa shape index (κ2) is 4.41. The summed E-state index contributed by atoms with van der Waals surface area (Å²) in [5, 5.41) is 3.63. The van der Waals surface area contributed by atoms with Gasteiger partial charge >= 0.3 is 0 Å². The van der Waals surface area contributed by atoms with Gasteiger partial charge in [0.25, 0.3) is 0 Å². The number of rotatable bonds is 2. The van der Waals surface area contributed by atoms with Crippen LogP contribution in [-0.4, -0.2) is 4.98 Å². The molecule has 16 heavy (non-hydrogen) atoms. The normalized spacial score (nSPS) is 10.1. The SMILES string of the molecule is Cc1cccc(Nc2cc(Cl)ncc2N)c1. The molecule has 2 aromatic rings. The fraction of sp³-hybridized carbons (Fsp3) is 0.0833. The fourth-order valence-corrected chi connectivity index (χ4v) is 1.58. The highest BCUT2D eigenvalue weighted by molar-refractivity contribution is 6.29. The van der Waals surface area contributed by atoms with Crippen LogP contribution in [0.1, 0.15) is 5.56 Å². The van der Waals surface area contributed by atoms with E-state index in [1.165, 1.54) is 5.56 Å². The lowest BCUT2D eigenvalue weighted by Gasteiger charge is -2.09. The van der Waals surface area contributed by atoms with Crippen LogP contribution in [0.4, 0.5) is 17.1 Å². The topological polar surface area (TPSA) is 50.9 Å². The lowest BCUT2D eigenvalue weighted by Crippen LogP contribution is -1.97.